The number of halogens is 1. The minimum Gasteiger partial charge on any atom is -1.00 e. The van der Waals surface area contributed by atoms with E-state index in [0.29, 0.717) is 0 Å². The van der Waals surface area contributed by atoms with Crippen molar-refractivity contribution in [1.82, 2.24) is 5.32 Å². The highest BCUT2D eigenvalue weighted by molar-refractivity contribution is 4.56. The molecule has 0 aromatic heterocycles. The first-order valence-electron chi connectivity index (χ1n) is 10.8. The molecule has 0 bridgehead atoms. The van der Waals surface area contributed by atoms with Crippen LogP contribution in [0.25, 0.3) is 0 Å². The van der Waals surface area contributed by atoms with Crippen LogP contribution in [0, 0.1) is 0 Å². The zero-order valence-corrected chi connectivity index (χ0v) is 17.5. The molecule has 146 valence electrons. The lowest BCUT2D eigenvalue weighted by Crippen LogP contribution is -3.00. The number of hydrogen-bond acceptors (Lipinski definition) is 1. The molecular weight excluding hydrogens is 316 g/mol. The van der Waals surface area contributed by atoms with E-state index in [0.717, 1.165) is 0 Å². The van der Waals surface area contributed by atoms with Crippen molar-refractivity contribution in [3.63, 3.8) is 0 Å². The average molecular weight is 361 g/mol. The molecule has 0 radical (unpaired) electrons. The summed E-state index contributed by atoms with van der Waals surface area (Å²) >= 11 is 0. The number of unbranched alkanes of at least 4 members (excludes halogenated alkanes) is 13. The van der Waals surface area contributed by atoms with Gasteiger partial charge >= 0.3 is 0 Å². The topological polar surface area (TPSA) is 12.0 Å². The standard InChI is InChI=1S/C21H45N2.ClH/c1-3-4-5-6-7-8-9-10-11-12-13-14-15-16-19-23(2)20-17-22-18-21-23;/h22H,3-21H2,1-2H3;1H/q+1;/p-1. The Morgan fingerprint density at radius 3 is 1.42 bits per heavy atom. The number of rotatable bonds is 15. The van der Waals surface area contributed by atoms with E-state index < -0.39 is 0 Å². The molecule has 0 aliphatic carbocycles. The van der Waals surface area contributed by atoms with Gasteiger partial charge < -0.3 is 22.2 Å². The van der Waals surface area contributed by atoms with Crippen LogP contribution >= 0.6 is 0 Å². The fourth-order valence-electron chi connectivity index (χ4n) is 3.85. The normalized spacial score (nSPS) is 16.8. The van der Waals surface area contributed by atoms with Crippen LogP contribution in [0.15, 0.2) is 0 Å². The summed E-state index contributed by atoms with van der Waals surface area (Å²) < 4.78 is 1.31. The molecule has 2 nitrogen and oxygen atoms in total. The molecule has 0 unspecified atom stereocenters. The smallest absolute Gasteiger partial charge is 0.0911 e. The molecule has 0 aromatic rings. The van der Waals surface area contributed by atoms with Gasteiger partial charge in [-0.15, -0.1) is 0 Å². The Morgan fingerprint density at radius 2 is 1.00 bits per heavy atom. The van der Waals surface area contributed by atoms with Gasteiger partial charge in [0.05, 0.1) is 26.7 Å². The number of nitrogens with one attached hydrogen (secondary N) is 1. The first kappa shape index (κ1) is 24.2. The van der Waals surface area contributed by atoms with Crippen LogP contribution < -0.4 is 17.7 Å². The summed E-state index contributed by atoms with van der Waals surface area (Å²) in [4.78, 5) is 0. The SMILES string of the molecule is CCCCCCCCCCCCCCCC[N+]1(C)CCNCC1.[Cl-]. The minimum atomic E-state index is 0. The van der Waals surface area contributed by atoms with Gasteiger partial charge in [-0.25, -0.2) is 0 Å². The molecule has 1 fully saturated rings. The van der Waals surface area contributed by atoms with Gasteiger partial charge in [0.15, 0.2) is 0 Å². The predicted molar refractivity (Wildman–Crippen MR) is 104 cm³/mol. The average Bonchev–Trinajstić information content (AvgIpc) is 2.56. The molecule has 1 N–H and O–H groups in total. The Labute approximate surface area is 159 Å². The molecule has 0 aromatic carbocycles. The largest absolute Gasteiger partial charge is 1.00 e. The Morgan fingerprint density at radius 1 is 0.625 bits per heavy atom. The van der Waals surface area contributed by atoms with E-state index in [-0.39, 0.29) is 12.4 Å². The van der Waals surface area contributed by atoms with E-state index in [1.165, 1.54) is 127 Å². The maximum absolute atomic E-state index is 3.48. The van der Waals surface area contributed by atoms with Crippen LogP contribution in [-0.4, -0.2) is 44.3 Å². The van der Waals surface area contributed by atoms with E-state index >= 15 is 0 Å². The van der Waals surface area contributed by atoms with Gasteiger partial charge in [-0.3, -0.25) is 0 Å². The van der Waals surface area contributed by atoms with Gasteiger partial charge in [0.25, 0.3) is 0 Å². The van der Waals surface area contributed by atoms with Gasteiger partial charge in [0, 0.05) is 13.1 Å². The number of piperazine rings is 1. The molecule has 0 amide bonds. The highest BCUT2D eigenvalue weighted by Gasteiger charge is 2.23. The van der Waals surface area contributed by atoms with Gasteiger partial charge in [-0.1, -0.05) is 84.0 Å². The minimum absolute atomic E-state index is 0. The second-order valence-electron chi connectivity index (χ2n) is 8.14. The second kappa shape index (κ2) is 16.7. The molecular formula is C21H45ClN2. The molecule has 0 spiro atoms. The van der Waals surface area contributed by atoms with Gasteiger partial charge in [-0.05, 0) is 12.8 Å². The summed E-state index contributed by atoms with van der Waals surface area (Å²) in [6, 6.07) is 0. The Bertz CT molecular complexity index is 252. The lowest BCUT2D eigenvalue weighted by Gasteiger charge is -2.38. The fourth-order valence-corrected chi connectivity index (χ4v) is 3.85. The summed E-state index contributed by atoms with van der Waals surface area (Å²) in [5, 5.41) is 3.48. The van der Waals surface area contributed by atoms with E-state index in [1.807, 2.05) is 0 Å². The third kappa shape index (κ3) is 13.5. The first-order chi connectivity index (χ1) is 11.3. The lowest BCUT2D eigenvalue weighted by molar-refractivity contribution is -0.911. The maximum Gasteiger partial charge on any atom is 0.0911 e. The van der Waals surface area contributed by atoms with Crippen molar-refractivity contribution in [1.29, 1.82) is 0 Å². The molecule has 1 rings (SSSR count). The van der Waals surface area contributed by atoms with Crippen LogP contribution in [0.5, 0.6) is 0 Å². The van der Waals surface area contributed by atoms with Crippen LogP contribution in [0.3, 0.4) is 0 Å². The van der Waals surface area contributed by atoms with Crippen molar-refractivity contribution in [3.05, 3.63) is 0 Å². The summed E-state index contributed by atoms with van der Waals surface area (Å²) in [5.41, 5.74) is 0. The first-order valence-corrected chi connectivity index (χ1v) is 10.8. The van der Waals surface area contributed by atoms with Crippen LogP contribution in [-0.2, 0) is 0 Å². The fraction of sp³-hybridized carbons (Fsp3) is 1.00. The van der Waals surface area contributed by atoms with E-state index in [4.69, 9.17) is 0 Å². The number of likely N-dealkylation sites (N-methyl/N-ethyl adjacent to an activating group) is 1. The van der Waals surface area contributed by atoms with Gasteiger partial charge in [-0.2, -0.15) is 0 Å². The zero-order valence-electron chi connectivity index (χ0n) is 16.8. The van der Waals surface area contributed by atoms with Crippen molar-refractivity contribution in [2.45, 2.75) is 96.8 Å². The highest BCUT2D eigenvalue weighted by atomic mass is 35.5. The maximum atomic E-state index is 3.48. The molecule has 1 saturated heterocycles. The second-order valence-corrected chi connectivity index (χ2v) is 8.14. The summed E-state index contributed by atoms with van der Waals surface area (Å²) in [6.07, 6.45) is 20.5. The van der Waals surface area contributed by atoms with Crippen LogP contribution in [0.1, 0.15) is 96.8 Å². The van der Waals surface area contributed by atoms with E-state index in [9.17, 15) is 0 Å². The van der Waals surface area contributed by atoms with Crippen molar-refractivity contribution in [2.75, 3.05) is 39.8 Å². The van der Waals surface area contributed by atoms with Crippen LogP contribution in [0.4, 0.5) is 0 Å². The predicted octanol–water partition coefficient (Wildman–Crippen LogP) is 2.52. The lowest BCUT2D eigenvalue weighted by atomic mass is 10.0. The zero-order chi connectivity index (χ0) is 16.6. The molecule has 3 heteroatoms. The molecule has 0 atom stereocenters. The van der Waals surface area contributed by atoms with Crippen molar-refractivity contribution >= 4 is 0 Å². The van der Waals surface area contributed by atoms with Gasteiger partial charge in [0.2, 0.25) is 0 Å². The summed E-state index contributed by atoms with van der Waals surface area (Å²) in [6.45, 7) is 8.80. The van der Waals surface area contributed by atoms with E-state index in [2.05, 4.69) is 19.3 Å². The monoisotopic (exact) mass is 360 g/mol. The molecule has 1 aliphatic rings. The summed E-state index contributed by atoms with van der Waals surface area (Å²) in [7, 11) is 2.45. The number of hydrogen-bond donors (Lipinski definition) is 1. The Kier molecular flexibility index (Phi) is 16.8. The van der Waals surface area contributed by atoms with Crippen molar-refractivity contribution in [2.24, 2.45) is 0 Å². The number of quaternary nitrogens is 1. The molecule has 24 heavy (non-hydrogen) atoms. The number of nitrogens with zero attached hydrogens (tertiary/aromatic N) is 1. The Hall–Kier alpha value is 0.210. The van der Waals surface area contributed by atoms with Gasteiger partial charge in [0.1, 0.15) is 0 Å². The third-order valence-electron chi connectivity index (χ3n) is 5.71. The summed E-state index contributed by atoms with van der Waals surface area (Å²) in [5.74, 6) is 0. The van der Waals surface area contributed by atoms with Crippen molar-refractivity contribution < 1.29 is 16.9 Å². The van der Waals surface area contributed by atoms with E-state index in [1.54, 1.807) is 0 Å². The molecule has 0 saturated carbocycles. The quantitative estimate of drug-likeness (QED) is 0.349. The third-order valence-corrected chi connectivity index (χ3v) is 5.71. The molecule has 1 heterocycles. The molecule has 1 aliphatic heterocycles. The van der Waals surface area contributed by atoms with Crippen LogP contribution in [0.2, 0.25) is 0 Å². The highest BCUT2D eigenvalue weighted by Crippen LogP contribution is 2.14. The van der Waals surface area contributed by atoms with Crippen molar-refractivity contribution in [3.8, 4) is 0 Å². The Balaban J connectivity index is 0.00000529.